The number of para-hydroxylation sites is 1. The number of hydrogen-bond donors (Lipinski definition) is 2. The standard InChI is InChI=1S/C18H27N3O/c1-18(10-5-6-11-18)13-20-17(19-2)21-15-9-12-22-16-8-4-3-7-14(15)16/h3-4,7-8,15H,5-6,9-13H2,1-2H3,(H2,19,20,21). The molecule has 2 aliphatic rings. The minimum Gasteiger partial charge on any atom is -0.493 e. The molecule has 0 aromatic heterocycles. The van der Waals surface area contributed by atoms with Crippen LogP contribution in [0.25, 0.3) is 0 Å². The molecule has 1 aromatic carbocycles. The van der Waals surface area contributed by atoms with Gasteiger partial charge in [0.25, 0.3) is 0 Å². The average Bonchev–Trinajstić information content (AvgIpc) is 2.98. The molecule has 22 heavy (non-hydrogen) atoms. The molecule has 0 amide bonds. The fourth-order valence-electron chi connectivity index (χ4n) is 3.55. The molecule has 3 rings (SSSR count). The van der Waals surface area contributed by atoms with Gasteiger partial charge in [0.15, 0.2) is 5.96 Å². The highest BCUT2D eigenvalue weighted by Crippen LogP contribution is 2.36. The summed E-state index contributed by atoms with van der Waals surface area (Å²) in [5.41, 5.74) is 1.65. The van der Waals surface area contributed by atoms with Crippen LogP contribution in [0.15, 0.2) is 29.3 Å². The number of guanidine groups is 1. The van der Waals surface area contributed by atoms with Gasteiger partial charge in [0, 0.05) is 25.6 Å². The molecule has 1 aliphatic heterocycles. The number of nitrogens with zero attached hydrogens (tertiary/aromatic N) is 1. The molecule has 120 valence electrons. The monoisotopic (exact) mass is 301 g/mol. The second kappa shape index (κ2) is 6.59. The Hall–Kier alpha value is -1.71. The van der Waals surface area contributed by atoms with Crippen molar-refractivity contribution in [1.29, 1.82) is 0 Å². The van der Waals surface area contributed by atoms with Gasteiger partial charge in [0.2, 0.25) is 0 Å². The lowest BCUT2D eigenvalue weighted by molar-refractivity contribution is 0.261. The molecule has 2 N–H and O–H groups in total. The van der Waals surface area contributed by atoms with Crippen LogP contribution in [0, 0.1) is 5.41 Å². The number of fused-ring (bicyclic) bond motifs is 1. The van der Waals surface area contributed by atoms with Crippen molar-refractivity contribution < 1.29 is 4.74 Å². The van der Waals surface area contributed by atoms with Crippen molar-refractivity contribution in [3.05, 3.63) is 29.8 Å². The first-order valence-electron chi connectivity index (χ1n) is 8.39. The summed E-state index contributed by atoms with van der Waals surface area (Å²) in [5.74, 6) is 1.89. The minimum atomic E-state index is 0.271. The third-order valence-electron chi connectivity index (χ3n) is 4.99. The zero-order valence-corrected chi connectivity index (χ0v) is 13.7. The molecule has 4 heteroatoms. The van der Waals surface area contributed by atoms with Crippen molar-refractivity contribution in [1.82, 2.24) is 10.6 Å². The largest absolute Gasteiger partial charge is 0.493 e. The summed E-state index contributed by atoms with van der Waals surface area (Å²) in [5, 5.41) is 7.09. The summed E-state index contributed by atoms with van der Waals surface area (Å²) in [6, 6.07) is 8.54. The highest BCUT2D eigenvalue weighted by Gasteiger charge is 2.29. The highest BCUT2D eigenvalue weighted by atomic mass is 16.5. The highest BCUT2D eigenvalue weighted by molar-refractivity contribution is 5.80. The quantitative estimate of drug-likeness (QED) is 0.665. The number of hydrogen-bond acceptors (Lipinski definition) is 2. The lowest BCUT2D eigenvalue weighted by Gasteiger charge is -2.30. The van der Waals surface area contributed by atoms with E-state index in [-0.39, 0.29) is 6.04 Å². The van der Waals surface area contributed by atoms with Gasteiger partial charge in [-0.3, -0.25) is 4.99 Å². The number of nitrogens with one attached hydrogen (secondary N) is 2. The van der Waals surface area contributed by atoms with E-state index in [0.717, 1.165) is 31.3 Å². The predicted octanol–water partition coefficient (Wildman–Crippen LogP) is 3.26. The SMILES string of the molecule is CN=C(NCC1(C)CCCC1)NC1CCOc2ccccc21. The Morgan fingerprint density at radius 1 is 1.32 bits per heavy atom. The number of ether oxygens (including phenoxy) is 1. The van der Waals surface area contributed by atoms with Crippen molar-refractivity contribution in [2.75, 3.05) is 20.2 Å². The maximum Gasteiger partial charge on any atom is 0.191 e. The van der Waals surface area contributed by atoms with Crippen LogP contribution in [0.2, 0.25) is 0 Å². The van der Waals surface area contributed by atoms with E-state index in [1.54, 1.807) is 0 Å². The molecule has 0 bridgehead atoms. The van der Waals surface area contributed by atoms with E-state index in [9.17, 15) is 0 Å². The molecule has 0 radical (unpaired) electrons. The molecule has 0 spiro atoms. The van der Waals surface area contributed by atoms with E-state index in [0.29, 0.717) is 5.41 Å². The van der Waals surface area contributed by atoms with Crippen LogP contribution in [0.1, 0.15) is 50.6 Å². The van der Waals surface area contributed by atoms with E-state index in [1.165, 1.54) is 31.2 Å². The summed E-state index contributed by atoms with van der Waals surface area (Å²) >= 11 is 0. The first-order valence-corrected chi connectivity index (χ1v) is 8.39. The zero-order valence-electron chi connectivity index (χ0n) is 13.7. The number of benzene rings is 1. The third kappa shape index (κ3) is 3.37. The van der Waals surface area contributed by atoms with Crippen LogP contribution in [0.5, 0.6) is 5.75 Å². The average molecular weight is 301 g/mol. The Morgan fingerprint density at radius 3 is 2.86 bits per heavy atom. The van der Waals surface area contributed by atoms with E-state index >= 15 is 0 Å². The van der Waals surface area contributed by atoms with Gasteiger partial charge in [-0.05, 0) is 24.3 Å². The van der Waals surface area contributed by atoms with Crippen LogP contribution >= 0.6 is 0 Å². The smallest absolute Gasteiger partial charge is 0.191 e. The van der Waals surface area contributed by atoms with Crippen LogP contribution in [-0.4, -0.2) is 26.2 Å². The molecule has 1 aromatic rings. The molecule has 4 nitrogen and oxygen atoms in total. The van der Waals surface area contributed by atoms with Crippen LogP contribution in [0.3, 0.4) is 0 Å². The van der Waals surface area contributed by atoms with Crippen LogP contribution < -0.4 is 15.4 Å². The normalized spacial score (nSPS) is 23.5. The summed E-state index contributed by atoms with van der Waals surface area (Å²) in [6.45, 7) is 4.13. The number of rotatable bonds is 3. The molecule has 1 atom stereocenters. The Balaban J connectivity index is 1.62. The van der Waals surface area contributed by atoms with Crippen molar-refractivity contribution in [3.63, 3.8) is 0 Å². The van der Waals surface area contributed by atoms with E-state index in [4.69, 9.17) is 4.74 Å². The summed E-state index contributed by atoms with van der Waals surface area (Å²) < 4.78 is 5.73. The fraction of sp³-hybridized carbons (Fsp3) is 0.611. The molecule has 0 saturated heterocycles. The Morgan fingerprint density at radius 2 is 2.09 bits per heavy atom. The summed E-state index contributed by atoms with van der Waals surface area (Å²) in [6.07, 6.45) is 6.32. The molecule has 1 unspecified atom stereocenters. The van der Waals surface area contributed by atoms with Gasteiger partial charge in [-0.25, -0.2) is 0 Å². The molecule has 1 aliphatic carbocycles. The first kappa shape index (κ1) is 15.2. The lowest BCUT2D eigenvalue weighted by Crippen LogP contribution is -2.44. The summed E-state index contributed by atoms with van der Waals surface area (Å²) in [7, 11) is 1.84. The van der Waals surface area contributed by atoms with Gasteiger partial charge in [-0.15, -0.1) is 0 Å². The van der Waals surface area contributed by atoms with Gasteiger partial charge in [0.05, 0.1) is 12.6 Å². The Bertz CT molecular complexity index is 535. The van der Waals surface area contributed by atoms with Crippen LogP contribution in [0.4, 0.5) is 0 Å². The topological polar surface area (TPSA) is 45.7 Å². The second-order valence-corrected chi connectivity index (χ2v) is 6.82. The molecule has 1 heterocycles. The van der Waals surface area contributed by atoms with Gasteiger partial charge in [-0.1, -0.05) is 38.0 Å². The second-order valence-electron chi connectivity index (χ2n) is 6.82. The van der Waals surface area contributed by atoms with E-state index in [2.05, 4.69) is 34.7 Å². The van der Waals surface area contributed by atoms with E-state index < -0.39 is 0 Å². The zero-order chi connectivity index (χ0) is 15.4. The van der Waals surface area contributed by atoms with Crippen molar-refractivity contribution in [2.24, 2.45) is 10.4 Å². The van der Waals surface area contributed by atoms with Gasteiger partial charge >= 0.3 is 0 Å². The first-order chi connectivity index (χ1) is 10.7. The fourth-order valence-corrected chi connectivity index (χ4v) is 3.55. The lowest BCUT2D eigenvalue weighted by atomic mass is 9.89. The maximum atomic E-state index is 5.73. The van der Waals surface area contributed by atoms with Gasteiger partial charge in [0.1, 0.15) is 5.75 Å². The Kier molecular flexibility index (Phi) is 4.55. The molecular weight excluding hydrogens is 274 g/mol. The van der Waals surface area contributed by atoms with Gasteiger partial charge < -0.3 is 15.4 Å². The molecular formula is C18H27N3O. The van der Waals surface area contributed by atoms with Crippen molar-refractivity contribution in [2.45, 2.75) is 45.1 Å². The minimum absolute atomic E-state index is 0.271. The predicted molar refractivity (Wildman–Crippen MR) is 90.4 cm³/mol. The summed E-state index contributed by atoms with van der Waals surface area (Å²) in [4.78, 5) is 4.40. The number of aliphatic imine (C=N–C) groups is 1. The van der Waals surface area contributed by atoms with E-state index in [1.807, 2.05) is 19.2 Å². The maximum absolute atomic E-state index is 5.73. The van der Waals surface area contributed by atoms with Crippen LogP contribution in [-0.2, 0) is 0 Å². The molecule has 1 saturated carbocycles. The Labute approximate surface area is 133 Å². The molecule has 1 fully saturated rings. The third-order valence-corrected chi connectivity index (χ3v) is 4.99. The van der Waals surface area contributed by atoms with Gasteiger partial charge in [-0.2, -0.15) is 0 Å². The van der Waals surface area contributed by atoms with Crippen molar-refractivity contribution >= 4 is 5.96 Å². The van der Waals surface area contributed by atoms with Crippen molar-refractivity contribution in [3.8, 4) is 5.75 Å².